The zero-order chi connectivity index (χ0) is 18.0. The maximum absolute atomic E-state index is 13.2. The summed E-state index contributed by atoms with van der Waals surface area (Å²) in [7, 11) is 0. The molecule has 0 aromatic carbocycles. The van der Waals surface area contributed by atoms with Gasteiger partial charge in [-0.15, -0.1) is 0 Å². The summed E-state index contributed by atoms with van der Waals surface area (Å²) >= 11 is 0. The van der Waals surface area contributed by atoms with Gasteiger partial charge in [0, 0.05) is 36.0 Å². The molecular formula is C16H16F3N5O. The van der Waals surface area contributed by atoms with Gasteiger partial charge < -0.3 is 11.1 Å². The van der Waals surface area contributed by atoms with Crippen LogP contribution in [0.4, 0.5) is 19.0 Å². The standard InChI is InChI=1S/C16H16F3N5O/c17-16(18,19)12-5-10(6-13-11(12)8-22-24-13)23-15(25)4-2-9-1-3-14(20)21-7-9/h1-4,7-8,10,12H,5-6H2,(H2,20,21)(H,22,24)(H,23,25)/b4-2+. The van der Waals surface area contributed by atoms with Crippen molar-refractivity contribution < 1.29 is 18.0 Å². The van der Waals surface area contributed by atoms with Gasteiger partial charge in [-0.05, 0) is 30.2 Å². The van der Waals surface area contributed by atoms with E-state index in [1.807, 2.05) is 0 Å². The first-order valence-electron chi connectivity index (χ1n) is 7.62. The van der Waals surface area contributed by atoms with Crippen LogP contribution in [0.5, 0.6) is 0 Å². The molecule has 2 heterocycles. The molecule has 0 bridgehead atoms. The molecule has 0 saturated heterocycles. The predicted molar refractivity (Wildman–Crippen MR) is 85.3 cm³/mol. The Morgan fingerprint density at radius 1 is 1.36 bits per heavy atom. The maximum Gasteiger partial charge on any atom is 0.395 e. The first-order chi connectivity index (χ1) is 11.8. The summed E-state index contributed by atoms with van der Waals surface area (Å²) in [5.74, 6) is -1.74. The molecule has 0 radical (unpaired) electrons. The van der Waals surface area contributed by atoms with Gasteiger partial charge in [-0.25, -0.2) is 4.98 Å². The van der Waals surface area contributed by atoms with Gasteiger partial charge in [0.2, 0.25) is 5.91 Å². The quantitative estimate of drug-likeness (QED) is 0.739. The Balaban J connectivity index is 1.67. The van der Waals surface area contributed by atoms with E-state index in [4.69, 9.17) is 5.73 Å². The van der Waals surface area contributed by atoms with E-state index in [-0.39, 0.29) is 18.4 Å². The first kappa shape index (κ1) is 17.0. The number of nitrogens with zero attached hydrogens (tertiary/aromatic N) is 2. The number of amides is 1. The molecule has 3 rings (SSSR count). The van der Waals surface area contributed by atoms with Gasteiger partial charge >= 0.3 is 6.18 Å². The van der Waals surface area contributed by atoms with Gasteiger partial charge in [0.15, 0.2) is 0 Å². The number of nitrogens with one attached hydrogen (secondary N) is 2. The molecule has 6 nitrogen and oxygen atoms in total. The lowest BCUT2D eigenvalue weighted by atomic mass is 9.83. The van der Waals surface area contributed by atoms with E-state index in [0.29, 0.717) is 17.1 Å². The molecule has 2 aromatic heterocycles. The Morgan fingerprint density at radius 3 is 2.84 bits per heavy atom. The molecule has 4 N–H and O–H groups in total. The predicted octanol–water partition coefficient (Wildman–Crippen LogP) is 2.18. The number of carbonyl (C=O) groups is 1. The summed E-state index contributed by atoms with van der Waals surface area (Å²) in [4.78, 5) is 15.9. The summed E-state index contributed by atoms with van der Waals surface area (Å²) in [6, 6.07) is 2.65. The van der Waals surface area contributed by atoms with Crippen molar-refractivity contribution in [3.05, 3.63) is 47.4 Å². The monoisotopic (exact) mass is 351 g/mol. The molecule has 2 atom stereocenters. The molecule has 0 fully saturated rings. The number of aromatic amines is 1. The topological polar surface area (TPSA) is 96.7 Å². The van der Waals surface area contributed by atoms with Crippen LogP contribution in [0.3, 0.4) is 0 Å². The number of hydrogen-bond acceptors (Lipinski definition) is 4. The lowest BCUT2D eigenvalue weighted by molar-refractivity contribution is -0.155. The Labute approximate surface area is 141 Å². The third-order valence-electron chi connectivity index (χ3n) is 4.08. The molecule has 1 amide bonds. The third-order valence-corrected chi connectivity index (χ3v) is 4.08. The van der Waals surface area contributed by atoms with E-state index in [1.165, 1.54) is 24.5 Å². The zero-order valence-electron chi connectivity index (χ0n) is 13.0. The van der Waals surface area contributed by atoms with Crippen molar-refractivity contribution in [3.63, 3.8) is 0 Å². The average Bonchev–Trinajstić information content (AvgIpc) is 3.01. The van der Waals surface area contributed by atoms with Gasteiger partial charge in [-0.2, -0.15) is 18.3 Å². The molecular weight excluding hydrogens is 335 g/mol. The molecule has 9 heteroatoms. The summed E-state index contributed by atoms with van der Waals surface area (Å²) in [6.45, 7) is 0. The van der Waals surface area contributed by atoms with Crippen molar-refractivity contribution >= 4 is 17.8 Å². The van der Waals surface area contributed by atoms with E-state index in [0.717, 1.165) is 0 Å². The van der Waals surface area contributed by atoms with Crippen LogP contribution in [0.15, 0.2) is 30.6 Å². The number of H-pyrrole nitrogens is 1. The average molecular weight is 351 g/mol. The highest BCUT2D eigenvalue weighted by atomic mass is 19.4. The molecule has 0 spiro atoms. The van der Waals surface area contributed by atoms with Crippen molar-refractivity contribution in [2.45, 2.75) is 31.0 Å². The van der Waals surface area contributed by atoms with Crippen LogP contribution in [0.1, 0.15) is 29.2 Å². The molecule has 132 valence electrons. The highest BCUT2D eigenvalue weighted by molar-refractivity contribution is 5.91. The number of halogens is 3. The number of nitrogens with two attached hydrogens (primary N) is 1. The minimum absolute atomic E-state index is 0.154. The van der Waals surface area contributed by atoms with Crippen LogP contribution in [-0.2, 0) is 11.2 Å². The number of fused-ring (bicyclic) bond motifs is 1. The minimum atomic E-state index is -4.38. The molecule has 2 unspecified atom stereocenters. The smallest absolute Gasteiger partial charge is 0.384 e. The lowest BCUT2D eigenvalue weighted by Crippen LogP contribution is -2.42. The van der Waals surface area contributed by atoms with E-state index >= 15 is 0 Å². The van der Waals surface area contributed by atoms with Crippen molar-refractivity contribution in [3.8, 4) is 0 Å². The van der Waals surface area contributed by atoms with Gasteiger partial charge in [0.1, 0.15) is 5.82 Å². The number of nitrogen functional groups attached to an aromatic ring is 1. The maximum atomic E-state index is 13.2. The van der Waals surface area contributed by atoms with Crippen LogP contribution >= 0.6 is 0 Å². The summed E-state index contributed by atoms with van der Waals surface area (Å²) in [6.07, 6.45) is 1.18. The molecule has 0 aliphatic heterocycles. The summed E-state index contributed by atoms with van der Waals surface area (Å²) in [5.41, 5.74) is 6.70. The van der Waals surface area contributed by atoms with Crippen LogP contribution in [0, 0.1) is 0 Å². The second-order valence-electron chi connectivity index (χ2n) is 5.89. The van der Waals surface area contributed by atoms with Gasteiger partial charge in [-0.3, -0.25) is 9.89 Å². The first-order valence-corrected chi connectivity index (χ1v) is 7.62. The molecule has 0 saturated carbocycles. The van der Waals surface area contributed by atoms with E-state index < -0.39 is 24.0 Å². The van der Waals surface area contributed by atoms with Crippen molar-refractivity contribution in [2.24, 2.45) is 0 Å². The number of rotatable bonds is 3. The highest BCUT2D eigenvalue weighted by Gasteiger charge is 2.46. The number of hydrogen-bond donors (Lipinski definition) is 3. The van der Waals surface area contributed by atoms with E-state index in [9.17, 15) is 18.0 Å². The normalized spacial score (nSPS) is 20.4. The number of anilines is 1. The van der Waals surface area contributed by atoms with Crippen LogP contribution in [0.2, 0.25) is 0 Å². The van der Waals surface area contributed by atoms with Gasteiger partial charge in [0.05, 0.1) is 12.1 Å². The fraction of sp³-hybridized carbons (Fsp3) is 0.312. The number of carbonyl (C=O) groups excluding carboxylic acids is 1. The van der Waals surface area contributed by atoms with Crippen LogP contribution in [0.25, 0.3) is 6.08 Å². The molecule has 1 aliphatic carbocycles. The Bertz CT molecular complexity index is 782. The number of pyridine rings is 1. The largest absolute Gasteiger partial charge is 0.395 e. The number of alkyl halides is 3. The Hall–Kier alpha value is -2.84. The Morgan fingerprint density at radius 2 is 2.16 bits per heavy atom. The second-order valence-corrected chi connectivity index (χ2v) is 5.89. The second kappa shape index (κ2) is 6.58. The van der Waals surface area contributed by atoms with Crippen LogP contribution < -0.4 is 11.1 Å². The molecule has 1 aliphatic rings. The molecule has 25 heavy (non-hydrogen) atoms. The Kier molecular flexibility index (Phi) is 4.47. The SMILES string of the molecule is Nc1ccc(/C=C/C(=O)NC2Cc3[nH]ncc3C(C(F)(F)F)C2)cn1. The van der Waals surface area contributed by atoms with Gasteiger partial charge in [0.25, 0.3) is 0 Å². The van der Waals surface area contributed by atoms with Crippen molar-refractivity contribution in [1.82, 2.24) is 20.5 Å². The fourth-order valence-electron chi connectivity index (χ4n) is 2.88. The minimum Gasteiger partial charge on any atom is -0.384 e. The summed E-state index contributed by atoms with van der Waals surface area (Å²) in [5, 5.41) is 8.90. The van der Waals surface area contributed by atoms with E-state index in [1.54, 1.807) is 12.1 Å². The van der Waals surface area contributed by atoms with Crippen molar-refractivity contribution in [1.29, 1.82) is 0 Å². The van der Waals surface area contributed by atoms with Gasteiger partial charge in [-0.1, -0.05) is 0 Å². The zero-order valence-corrected chi connectivity index (χ0v) is 13.0. The molecule has 2 aromatic rings. The number of aromatic nitrogens is 3. The summed E-state index contributed by atoms with van der Waals surface area (Å²) < 4.78 is 39.7. The lowest BCUT2D eigenvalue weighted by Gasteiger charge is -2.30. The van der Waals surface area contributed by atoms with Crippen molar-refractivity contribution in [2.75, 3.05) is 5.73 Å². The fourth-order valence-corrected chi connectivity index (χ4v) is 2.88. The van der Waals surface area contributed by atoms with E-state index in [2.05, 4.69) is 20.5 Å². The van der Waals surface area contributed by atoms with Crippen LogP contribution in [-0.4, -0.2) is 33.3 Å². The highest BCUT2D eigenvalue weighted by Crippen LogP contribution is 2.42. The third kappa shape index (κ3) is 3.98.